The molecule has 3 aliphatic rings. The quantitative estimate of drug-likeness (QED) is 0.661. The van der Waals surface area contributed by atoms with Crippen molar-refractivity contribution >= 4 is 0 Å². The van der Waals surface area contributed by atoms with Crippen LogP contribution in [0.2, 0.25) is 0 Å². The fourth-order valence-corrected chi connectivity index (χ4v) is 2.87. The molecule has 4 atom stereocenters. The number of aromatic nitrogens is 2. The van der Waals surface area contributed by atoms with E-state index in [2.05, 4.69) is 4.98 Å². The van der Waals surface area contributed by atoms with Crippen molar-refractivity contribution in [2.75, 3.05) is 6.61 Å². The van der Waals surface area contributed by atoms with Gasteiger partial charge in [-0.05, 0) is 13.8 Å². The summed E-state index contributed by atoms with van der Waals surface area (Å²) < 4.78 is 24.9. The summed E-state index contributed by atoms with van der Waals surface area (Å²) in [6.07, 6.45) is 0.657. The fraction of sp³-hybridized carbons (Fsp3) is 0.667. The summed E-state index contributed by atoms with van der Waals surface area (Å²) in [6, 6.07) is 1.65. The lowest BCUT2D eigenvalue weighted by Crippen LogP contribution is -2.35. The minimum atomic E-state index is -0.632. The second-order valence-corrected chi connectivity index (χ2v) is 5.40. The Bertz CT molecular complexity index is 584. The number of hydrogen-bond donors (Lipinski definition) is 0. The molecule has 0 unspecified atom stereocenters. The van der Waals surface area contributed by atoms with Crippen molar-refractivity contribution in [3.8, 4) is 6.01 Å². The normalized spacial score (nSPS) is 38.2. The minimum absolute atomic E-state index is 0.160. The van der Waals surface area contributed by atoms with Crippen LogP contribution in [-0.4, -0.2) is 40.3 Å². The van der Waals surface area contributed by atoms with Gasteiger partial charge in [-0.3, -0.25) is 9.36 Å². The average Bonchev–Trinajstić information content (AvgIpc) is 2.73. The highest BCUT2D eigenvalue weighted by Crippen LogP contribution is 2.45. The van der Waals surface area contributed by atoms with Crippen LogP contribution in [0.25, 0.3) is 0 Å². The second-order valence-electron chi connectivity index (χ2n) is 5.40. The monoisotopic (exact) mass is 266 g/mol. The molecule has 7 nitrogen and oxygen atoms in total. The first-order chi connectivity index (χ1) is 9.03. The summed E-state index contributed by atoms with van der Waals surface area (Å²) in [7, 11) is 0. The van der Waals surface area contributed by atoms with E-state index in [1.54, 1.807) is 10.8 Å². The van der Waals surface area contributed by atoms with Gasteiger partial charge in [0.1, 0.15) is 24.9 Å². The summed E-state index contributed by atoms with van der Waals surface area (Å²) >= 11 is 0. The van der Waals surface area contributed by atoms with E-state index in [4.69, 9.17) is 18.9 Å². The molecule has 2 fully saturated rings. The average molecular weight is 266 g/mol. The molecule has 2 saturated heterocycles. The molecule has 1 aromatic rings. The Balaban J connectivity index is 1.79. The molecule has 102 valence electrons. The van der Waals surface area contributed by atoms with Gasteiger partial charge in [-0.1, -0.05) is 0 Å². The molecule has 0 aliphatic carbocycles. The van der Waals surface area contributed by atoms with Crippen LogP contribution < -0.4 is 10.3 Å². The molecule has 1 aromatic heterocycles. The van der Waals surface area contributed by atoms with Crippen LogP contribution >= 0.6 is 0 Å². The van der Waals surface area contributed by atoms with Gasteiger partial charge in [-0.25, -0.2) is 0 Å². The van der Waals surface area contributed by atoms with Crippen LogP contribution in [-0.2, 0) is 14.2 Å². The van der Waals surface area contributed by atoms with E-state index < -0.39 is 5.79 Å². The third-order valence-corrected chi connectivity index (χ3v) is 3.58. The van der Waals surface area contributed by atoms with Crippen molar-refractivity contribution in [2.24, 2.45) is 0 Å². The molecule has 4 heterocycles. The van der Waals surface area contributed by atoms with Crippen LogP contribution in [0.1, 0.15) is 20.1 Å². The molecular formula is C12H14N2O5. The number of fused-ring (bicyclic) bond motifs is 7. The van der Waals surface area contributed by atoms with Crippen molar-refractivity contribution < 1.29 is 18.9 Å². The molecule has 0 spiro atoms. The molecule has 19 heavy (non-hydrogen) atoms. The molecule has 0 N–H and O–H groups in total. The second kappa shape index (κ2) is 3.56. The first-order valence-corrected chi connectivity index (χ1v) is 6.27. The minimum Gasteiger partial charge on any atom is -0.462 e. The first-order valence-electron chi connectivity index (χ1n) is 6.27. The zero-order valence-electron chi connectivity index (χ0n) is 10.6. The molecule has 0 radical (unpaired) electrons. The maximum absolute atomic E-state index is 11.3. The zero-order valence-corrected chi connectivity index (χ0v) is 10.6. The Morgan fingerprint density at radius 1 is 1.37 bits per heavy atom. The third kappa shape index (κ3) is 1.62. The lowest BCUT2D eigenvalue weighted by molar-refractivity contribution is -0.195. The molecule has 0 aromatic carbocycles. The van der Waals surface area contributed by atoms with Crippen molar-refractivity contribution in [1.29, 1.82) is 0 Å². The molecule has 4 rings (SSSR count). The number of nitrogens with zero attached hydrogens (tertiary/aromatic N) is 2. The van der Waals surface area contributed by atoms with Gasteiger partial charge in [-0.15, -0.1) is 0 Å². The van der Waals surface area contributed by atoms with Gasteiger partial charge in [0.15, 0.2) is 12.0 Å². The maximum atomic E-state index is 11.3. The molecule has 3 aliphatic heterocycles. The van der Waals surface area contributed by atoms with Crippen LogP contribution in [0.15, 0.2) is 17.1 Å². The van der Waals surface area contributed by atoms with Crippen molar-refractivity contribution in [3.63, 3.8) is 0 Å². The molecular weight excluding hydrogens is 252 g/mol. The lowest BCUT2D eigenvalue weighted by Gasteiger charge is -2.23. The zero-order chi connectivity index (χ0) is 13.2. The van der Waals surface area contributed by atoms with Gasteiger partial charge in [0, 0.05) is 12.3 Å². The van der Waals surface area contributed by atoms with Crippen molar-refractivity contribution in [1.82, 2.24) is 9.55 Å². The standard InChI is InChI=1S/C12H14N2O5/c1-12(2)18-8-6-5-16-11-13-7(15)3-4-14(11)10(17-6)9(8)19-12/h3-4,6,8-10H,5H2,1-2H3/t6-,8-,9-,10+/m1/s1. The highest BCUT2D eigenvalue weighted by atomic mass is 16.8. The number of rotatable bonds is 0. The molecule has 0 saturated carbocycles. The maximum Gasteiger partial charge on any atom is 0.302 e. The van der Waals surface area contributed by atoms with Gasteiger partial charge in [0.05, 0.1) is 0 Å². The van der Waals surface area contributed by atoms with Gasteiger partial charge in [0.2, 0.25) is 0 Å². The van der Waals surface area contributed by atoms with Gasteiger partial charge in [0.25, 0.3) is 5.56 Å². The third-order valence-electron chi connectivity index (χ3n) is 3.58. The van der Waals surface area contributed by atoms with Gasteiger partial charge < -0.3 is 18.9 Å². The highest BCUT2D eigenvalue weighted by Gasteiger charge is 2.57. The molecule has 2 bridgehead atoms. The van der Waals surface area contributed by atoms with Crippen molar-refractivity contribution in [3.05, 3.63) is 22.6 Å². The topological polar surface area (TPSA) is 71.8 Å². The Kier molecular flexibility index (Phi) is 2.13. The predicted molar refractivity (Wildman–Crippen MR) is 61.7 cm³/mol. The largest absolute Gasteiger partial charge is 0.462 e. The van der Waals surface area contributed by atoms with Crippen LogP contribution in [0, 0.1) is 0 Å². The van der Waals surface area contributed by atoms with Gasteiger partial charge in [-0.2, -0.15) is 4.98 Å². The Morgan fingerprint density at radius 3 is 3.00 bits per heavy atom. The van der Waals surface area contributed by atoms with E-state index in [1.807, 2.05) is 13.8 Å². The van der Waals surface area contributed by atoms with Gasteiger partial charge >= 0.3 is 6.01 Å². The Morgan fingerprint density at radius 2 is 2.16 bits per heavy atom. The van der Waals surface area contributed by atoms with Crippen LogP contribution in [0.5, 0.6) is 6.01 Å². The van der Waals surface area contributed by atoms with E-state index in [0.29, 0.717) is 6.61 Å². The number of ether oxygens (including phenoxy) is 4. The Hall–Kier alpha value is -1.44. The van der Waals surface area contributed by atoms with E-state index in [-0.39, 0.29) is 36.1 Å². The van der Waals surface area contributed by atoms with E-state index in [1.165, 1.54) is 6.07 Å². The van der Waals surface area contributed by atoms with Crippen molar-refractivity contribution in [2.45, 2.75) is 44.2 Å². The van der Waals surface area contributed by atoms with Crippen LogP contribution in [0.3, 0.4) is 0 Å². The SMILES string of the molecule is CC1(C)O[C@@H]2[C@H](O1)[C@H]1COc3nc(=O)ccn3[C@H]2O1. The summed E-state index contributed by atoms with van der Waals surface area (Å²) in [5, 5.41) is 0. The number of hydrogen-bond acceptors (Lipinski definition) is 6. The predicted octanol–water partition coefficient (Wildman–Crippen LogP) is 0.0532. The summed E-state index contributed by atoms with van der Waals surface area (Å²) in [5.41, 5.74) is -0.329. The lowest BCUT2D eigenvalue weighted by atomic mass is 10.1. The summed E-state index contributed by atoms with van der Waals surface area (Å²) in [4.78, 5) is 15.1. The Labute approximate surface area is 109 Å². The van der Waals surface area contributed by atoms with E-state index in [9.17, 15) is 4.79 Å². The smallest absolute Gasteiger partial charge is 0.302 e. The highest BCUT2D eigenvalue weighted by molar-refractivity contribution is 5.08. The van der Waals surface area contributed by atoms with E-state index >= 15 is 0 Å². The summed E-state index contributed by atoms with van der Waals surface area (Å²) in [6.45, 7) is 4.05. The van der Waals surface area contributed by atoms with E-state index in [0.717, 1.165) is 0 Å². The first kappa shape index (κ1) is 11.4. The molecule has 7 heteroatoms. The summed E-state index contributed by atoms with van der Waals surface area (Å²) in [5.74, 6) is -0.632. The van der Waals surface area contributed by atoms with Crippen LogP contribution in [0.4, 0.5) is 0 Å². The molecule has 0 amide bonds. The fourth-order valence-electron chi connectivity index (χ4n) is 2.87.